The molecule has 0 unspecified atom stereocenters. The van der Waals surface area contributed by atoms with Gasteiger partial charge in [0.05, 0.1) is 28.3 Å². The monoisotopic (exact) mass is 464 g/mol. The third-order valence-corrected chi connectivity index (χ3v) is 6.96. The molecule has 0 aliphatic heterocycles. The Kier molecular flexibility index (Phi) is 7.34. The van der Waals surface area contributed by atoms with E-state index >= 15 is 0 Å². The number of sulfone groups is 1. The summed E-state index contributed by atoms with van der Waals surface area (Å²) >= 11 is 1.04. The molecule has 0 saturated heterocycles. The minimum absolute atomic E-state index is 0.110. The van der Waals surface area contributed by atoms with Gasteiger partial charge in [-0.1, -0.05) is 47.7 Å². The molecule has 2 aromatic carbocycles. The first-order valence-corrected chi connectivity index (χ1v) is 12.2. The largest absolute Gasteiger partial charge is 0.465 e. The Morgan fingerprint density at radius 1 is 1.13 bits per heavy atom. The fourth-order valence-electron chi connectivity index (χ4n) is 2.96. The van der Waals surface area contributed by atoms with Crippen molar-refractivity contribution in [3.05, 3.63) is 64.7 Å². The molecule has 1 aromatic heterocycles. The first kappa shape index (κ1) is 22.8. The molecule has 0 spiro atoms. The van der Waals surface area contributed by atoms with Gasteiger partial charge in [-0.15, -0.1) is 0 Å². The minimum Gasteiger partial charge on any atom is -0.465 e. The van der Waals surface area contributed by atoms with Gasteiger partial charge in [-0.3, -0.25) is 9.59 Å². The van der Waals surface area contributed by atoms with Crippen LogP contribution in [0.4, 0.5) is 4.39 Å². The zero-order valence-corrected chi connectivity index (χ0v) is 18.4. The number of carbonyl (C=O) groups excluding carboxylic acids is 2. The van der Waals surface area contributed by atoms with Crippen molar-refractivity contribution < 1.29 is 27.1 Å². The quantitative estimate of drug-likeness (QED) is 0.478. The van der Waals surface area contributed by atoms with Crippen LogP contribution in [0, 0.1) is 5.82 Å². The van der Waals surface area contributed by atoms with Gasteiger partial charge >= 0.3 is 5.97 Å². The van der Waals surface area contributed by atoms with Crippen molar-refractivity contribution >= 4 is 43.3 Å². The average Bonchev–Trinajstić information content (AvgIpc) is 3.05. The maximum absolute atomic E-state index is 14.4. The number of aromatic nitrogens is 1. The van der Waals surface area contributed by atoms with Gasteiger partial charge in [-0.2, -0.15) is 4.99 Å². The Morgan fingerprint density at radius 2 is 1.87 bits per heavy atom. The molecule has 0 atom stereocenters. The Morgan fingerprint density at radius 3 is 2.58 bits per heavy atom. The fraction of sp³-hybridized carbons (Fsp3) is 0.286. The average molecular weight is 465 g/mol. The number of benzene rings is 2. The van der Waals surface area contributed by atoms with Crippen LogP contribution in [0.15, 0.2) is 53.5 Å². The summed E-state index contributed by atoms with van der Waals surface area (Å²) in [5, 5.41) is 0. The lowest BCUT2D eigenvalue weighted by molar-refractivity contribution is -0.143. The van der Waals surface area contributed by atoms with Crippen molar-refractivity contribution in [3.63, 3.8) is 0 Å². The topological polar surface area (TPSA) is 94.8 Å². The van der Waals surface area contributed by atoms with Gasteiger partial charge in [0, 0.05) is 6.42 Å². The van der Waals surface area contributed by atoms with E-state index in [1.165, 1.54) is 16.7 Å². The van der Waals surface area contributed by atoms with Gasteiger partial charge in [0.2, 0.25) is 5.91 Å². The zero-order valence-electron chi connectivity index (χ0n) is 16.8. The number of esters is 1. The molecule has 164 valence electrons. The molecule has 3 rings (SSSR count). The molecule has 0 radical (unpaired) electrons. The molecule has 31 heavy (non-hydrogen) atoms. The lowest BCUT2D eigenvalue weighted by Gasteiger charge is -2.06. The smallest absolute Gasteiger partial charge is 0.326 e. The lowest BCUT2D eigenvalue weighted by atomic mass is 10.2. The number of hydrogen-bond donors (Lipinski definition) is 0. The summed E-state index contributed by atoms with van der Waals surface area (Å²) in [6.07, 6.45) is -0.314. The van der Waals surface area contributed by atoms with E-state index in [0.29, 0.717) is 10.3 Å². The molecule has 7 nitrogen and oxygen atoms in total. The number of hydrogen-bond acceptors (Lipinski definition) is 6. The van der Waals surface area contributed by atoms with Crippen molar-refractivity contribution in [1.29, 1.82) is 0 Å². The van der Waals surface area contributed by atoms with E-state index in [0.717, 1.165) is 11.3 Å². The van der Waals surface area contributed by atoms with Crippen LogP contribution in [-0.2, 0) is 36.5 Å². The van der Waals surface area contributed by atoms with Crippen LogP contribution in [-0.4, -0.2) is 37.2 Å². The number of ether oxygens (including phenoxy) is 1. The van der Waals surface area contributed by atoms with Crippen LogP contribution < -0.4 is 4.80 Å². The second kappa shape index (κ2) is 9.97. The number of carbonyl (C=O) groups is 2. The third-order valence-electron chi connectivity index (χ3n) is 4.32. The van der Waals surface area contributed by atoms with Crippen LogP contribution in [0.5, 0.6) is 0 Å². The van der Waals surface area contributed by atoms with Crippen molar-refractivity contribution in [2.45, 2.75) is 25.6 Å². The zero-order chi connectivity index (χ0) is 22.4. The molecular weight excluding hydrogens is 443 g/mol. The number of fused-ring (bicyclic) bond motifs is 1. The maximum atomic E-state index is 14.4. The highest BCUT2D eigenvalue weighted by atomic mass is 32.2. The van der Waals surface area contributed by atoms with Crippen molar-refractivity contribution in [2.75, 3.05) is 12.4 Å². The van der Waals surface area contributed by atoms with Crippen LogP contribution in [0.3, 0.4) is 0 Å². The van der Waals surface area contributed by atoms with E-state index in [1.54, 1.807) is 43.3 Å². The lowest BCUT2D eigenvalue weighted by Crippen LogP contribution is -2.24. The standard InChI is InChI=1S/C21H21FN2O5S2/c1-2-29-19(26)13-24-20-16(22)9-6-10-17(20)30-21(24)23-18(25)11-12-31(27,28)14-15-7-4-3-5-8-15/h3-10H,2,11-14H2,1H3. The predicted molar refractivity (Wildman–Crippen MR) is 116 cm³/mol. The number of nitrogens with zero attached hydrogens (tertiary/aromatic N) is 2. The van der Waals surface area contributed by atoms with Gasteiger partial charge in [-0.05, 0) is 24.6 Å². The third kappa shape index (κ3) is 6.08. The molecule has 0 saturated carbocycles. The van der Waals surface area contributed by atoms with E-state index in [-0.39, 0.29) is 41.4 Å². The summed E-state index contributed by atoms with van der Waals surface area (Å²) in [5.74, 6) is -2.34. The molecule has 1 heterocycles. The first-order valence-electron chi connectivity index (χ1n) is 9.54. The maximum Gasteiger partial charge on any atom is 0.326 e. The number of rotatable bonds is 8. The summed E-state index contributed by atoms with van der Waals surface area (Å²) < 4.78 is 45.7. The molecule has 10 heteroatoms. The number of thiazole rings is 1. The van der Waals surface area contributed by atoms with E-state index in [9.17, 15) is 22.4 Å². The Bertz CT molecular complexity index is 1260. The molecule has 1 amide bonds. The molecule has 0 fully saturated rings. The van der Waals surface area contributed by atoms with Crippen LogP contribution in [0.2, 0.25) is 0 Å². The van der Waals surface area contributed by atoms with E-state index < -0.39 is 27.5 Å². The molecule has 0 aliphatic rings. The highest BCUT2D eigenvalue weighted by molar-refractivity contribution is 7.90. The highest BCUT2D eigenvalue weighted by Gasteiger charge is 2.17. The van der Waals surface area contributed by atoms with Crippen LogP contribution in [0.25, 0.3) is 10.2 Å². The number of halogens is 1. The van der Waals surface area contributed by atoms with Gasteiger partial charge < -0.3 is 9.30 Å². The van der Waals surface area contributed by atoms with Gasteiger partial charge in [0.15, 0.2) is 14.6 Å². The van der Waals surface area contributed by atoms with E-state index in [2.05, 4.69) is 4.99 Å². The van der Waals surface area contributed by atoms with E-state index in [4.69, 9.17) is 4.74 Å². The van der Waals surface area contributed by atoms with Crippen molar-refractivity contribution in [2.24, 2.45) is 4.99 Å². The van der Waals surface area contributed by atoms with E-state index in [1.807, 2.05) is 0 Å². The van der Waals surface area contributed by atoms with Crippen LogP contribution >= 0.6 is 11.3 Å². The SMILES string of the molecule is CCOC(=O)Cn1c(=NC(=O)CCS(=O)(=O)Cc2ccccc2)sc2cccc(F)c21. The summed E-state index contributed by atoms with van der Waals surface area (Å²) in [7, 11) is -3.51. The summed E-state index contributed by atoms with van der Waals surface area (Å²) in [4.78, 5) is 28.4. The second-order valence-corrected chi connectivity index (χ2v) is 9.89. The van der Waals surface area contributed by atoms with Crippen molar-refractivity contribution in [3.8, 4) is 0 Å². The fourth-order valence-corrected chi connectivity index (χ4v) is 5.35. The number of para-hydroxylation sites is 1. The summed E-state index contributed by atoms with van der Waals surface area (Å²) in [5.41, 5.74) is 0.781. The Labute approximate surface area is 182 Å². The molecule has 0 aliphatic carbocycles. The molecule has 0 N–H and O–H groups in total. The number of amides is 1. The predicted octanol–water partition coefficient (Wildman–Crippen LogP) is 2.84. The Balaban J connectivity index is 1.83. The Hall–Kier alpha value is -2.85. The first-order chi connectivity index (χ1) is 14.8. The van der Waals surface area contributed by atoms with Crippen LogP contribution in [0.1, 0.15) is 18.9 Å². The molecular formula is C21H21FN2O5S2. The minimum atomic E-state index is -3.51. The summed E-state index contributed by atoms with van der Waals surface area (Å²) in [6, 6.07) is 13.1. The molecule has 3 aromatic rings. The summed E-state index contributed by atoms with van der Waals surface area (Å²) in [6.45, 7) is 1.50. The van der Waals surface area contributed by atoms with Crippen molar-refractivity contribution in [1.82, 2.24) is 4.57 Å². The normalized spacial score (nSPS) is 12.3. The van der Waals surface area contributed by atoms with Gasteiger partial charge in [-0.25, -0.2) is 12.8 Å². The highest BCUT2D eigenvalue weighted by Crippen LogP contribution is 2.20. The van der Waals surface area contributed by atoms with Gasteiger partial charge in [0.1, 0.15) is 12.4 Å². The molecule has 0 bridgehead atoms. The second-order valence-electron chi connectivity index (χ2n) is 6.70. The van der Waals surface area contributed by atoms with Gasteiger partial charge in [0.25, 0.3) is 0 Å².